The molecular formula is C16H18N2O4. The summed E-state index contributed by atoms with van der Waals surface area (Å²) in [6, 6.07) is -0.544. The van der Waals surface area contributed by atoms with Gasteiger partial charge in [-0.15, -0.1) is 0 Å². The molecule has 0 saturated carbocycles. The quantitative estimate of drug-likeness (QED) is 0.515. The summed E-state index contributed by atoms with van der Waals surface area (Å²) in [5.74, 6) is 5.15. The van der Waals surface area contributed by atoms with E-state index in [1.807, 2.05) is 0 Å². The van der Waals surface area contributed by atoms with Crippen molar-refractivity contribution >= 4 is 17.7 Å². The summed E-state index contributed by atoms with van der Waals surface area (Å²) in [6.07, 6.45) is 2.86. The Kier molecular flexibility index (Phi) is 3.99. The lowest BCUT2D eigenvalue weighted by molar-refractivity contribution is -0.142. The van der Waals surface area contributed by atoms with E-state index in [1.165, 1.54) is 0 Å². The lowest BCUT2D eigenvalue weighted by Crippen LogP contribution is -2.53. The highest BCUT2D eigenvalue weighted by atomic mass is 16.2. The molecule has 0 bridgehead atoms. The highest BCUT2D eigenvalue weighted by molar-refractivity contribution is 6.05. The fraction of sp³-hybridized carbons (Fsp3) is 0.562. The van der Waals surface area contributed by atoms with Crippen LogP contribution in [0, 0.1) is 17.8 Å². The predicted molar refractivity (Wildman–Crippen MR) is 77.1 cm³/mol. The average Bonchev–Trinajstić information content (AvgIpc) is 2.82. The molecule has 2 atom stereocenters. The minimum absolute atomic E-state index is 0.0712. The fourth-order valence-corrected chi connectivity index (χ4v) is 3.43. The maximum Gasteiger partial charge on any atom is 0.250 e. The van der Waals surface area contributed by atoms with E-state index in [9.17, 15) is 14.4 Å². The highest BCUT2D eigenvalue weighted by Gasteiger charge is 2.41. The maximum atomic E-state index is 12.5. The summed E-state index contributed by atoms with van der Waals surface area (Å²) >= 11 is 0. The number of amides is 3. The number of aliphatic hydroxyl groups is 1. The minimum Gasteiger partial charge on any atom is -0.384 e. The molecule has 6 heteroatoms. The minimum atomic E-state index is -0.544. The zero-order chi connectivity index (χ0) is 15.7. The largest absolute Gasteiger partial charge is 0.384 e. The summed E-state index contributed by atoms with van der Waals surface area (Å²) in [6.45, 7) is 0.307. The van der Waals surface area contributed by atoms with Crippen LogP contribution in [-0.4, -0.2) is 46.9 Å². The number of rotatable bonds is 1. The van der Waals surface area contributed by atoms with E-state index in [2.05, 4.69) is 17.2 Å². The van der Waals surface area contributed by atoms with Gasteiger partial charge in [-0.25, -0.2) is 0 Å². The number of carbonyl (C=O) groups excluding carboxylic acids is 3. The third kappa shape index (κ3) is 2.64. The Balaban J connectivity index is 1.71. The molecule has 0 aromatic carbocycles. The van der Waals surface area contributed by atoms with Crippen LogP contribution < -0.4 is 5.32 Å². The number of aliphatic hydroxyl groups excluding tert-OH is 1. The summed E-state index contributed by atoms with van der Waals surface area (Å²) in [5.41, 5.74) is 1.87. The number of nitrogens with one attached hydrogen (secondary N) is 1. The topological polar surface area (TPSA) is 86.7 Å². The van der Waals surface area contributed by atoms with Crippen LogP contribution in [-0.2, 0) is 14.4 Å². The monoisotopic (exact) mass is 302 g/mol. The average molecular weight is 302 g/mol. The molecule has 0 spiro atoms. The molecule has 2 heterocycles. The van der Waals surface area contributed by atoms with Crippen molar-refractivity contribution in [3.05, 3.63) is 11.1 Å². The Labute approximate surface area is 128 Å². The second-order valence-electron chi connectivity index (χ2n) is 5.90. The smallest absolute Gasteiger partial charge is 0.250 e. The first-order valence-electron chi connectivity index (χ1n) is 7.55. The van der Waals surface area contributed by atoms with Crippen molar-refractivity contribution in [2.45, 2.75) is 38.1 Å². The van der Waals surface area contributed by atoms with Crippen LogP contribution in [0.2, 0.25) is 0 Å². The molecule has 0 aromatic heterocycles. The van der Waals surface area contributed by atoms with Gasteiger partial charge in [-0.1, -0.05) is 11.8 Å². The van der Waals surface area contributed by atoms with Gasteiger partial charge in [-0.3, -0.25) is 19.7 Å². The van der Waals surface area contributed by atoms with Crippen LogP contribution in [0.5, 0.6) is 0 Å². The third-order valence-electron chi connectivity index (χ3n) is 4.51. The van der Waals surface area contributed by atoms with Crippen LogP contribution in [0.1, 0.15) is 32.1 Å². The van der Waals surface area contributed by atoms with E-state index in [1.54, 1.807) is 4.90 Å². The molecule has 1 aliphatic carbocycles. The zero-order valence-corrected chi connectivity index (χ0v) is 12.2. The first-order valence-corrected chi connectivity index (χ1v) is 7.55. The van der Waals surface area contributed by atoms with E-state index >= 15 is 0 Å². The van der Waals surface area contributed by atoms with E-state index < -0.39 is 6.04 Å². The van der Waals surface area contributed by atoms with Crippen LogP contribution >= 0.6 is 0 Å². The molecule has 2 aliphatic heterocycles. The lowest BCUT2D eigenvalue weighted by Gasteiger charge is -2.29. The molecule has 3 aliphatic rings. The van der Waals surface area contributed by atoms with Crippen molar-refractivity contribution in [3.8, 4) is 11.8 Å². The van der Waals surface area contributed by atoms with Gasteiger partial charge in [0.1, 0.15) is 12.6 Å². The van der Waals surface area contributed by atoms with Gasteiger partial charge in [0, 0.05) is 24.5 Å². The van der Waals surface area contributed by atoms with Gasteiger partial charge in [-0.2, -0.15) is 0 Å². The number of imide groups is 1. The first kappa shape index (κ1) is 14.8. The van der Waals surface area contributed by atoms with Crippen LogP contribution in [0.25, 0.3) is 0 Å². The van der Waals surface area contributed by atoms with Gasteiger partial charge in [0.15, 0.2) is 0 Å². The summed E-state index contributed by atoms with van der Waals surface area (Å²) in [7, 11) is 0. The number of hydrogen-bond acceptors (Lipinski definition) is 4. The molecule has 22 heavy (non-hydrogen) atoms. The molecule has 3 amide bonds. The van der Waals surface area contributed by atoms with Crippen molar-refractivity contribution < 1.29 is 19.5 Å². The van der Waals surface area contributed by atoms with E-state index in [0.29, 0.717) is 19.4 Å². The molecule has 1 saturated heterocycles. The van der Waals surface area contributed by atoms with Gasteiger partial charge < -0.3 is 10.0 Å². The van der Waals surface area contributed by atoms with Crippen molar-refractivity contribution in [1.82, 2.24) is 10.2 Å². The first-order chi connectivity index (χ1) is 10.6. The molecule has 116 valence electrons. The van der Waals surface area contributed by atoms with E-state index in [-0.39, 0.29) is 36.7 Å². The van der Waals surface area contributed by atoms with Crippen molar-refractivity contribution in [1.29, 1.82) is 0 Å². The van der Waals surface area contributed by atoms with Gasteiger partial charge in [0.25, 0.3) is 5.91 Å². The normalized spacial score (nSPS) is 28.2. The second-order valence-corrected chi connectivity index (χ2v) is 5.90. The second kappa shape index (κ2) is 5.93. The Morgan fingerprint density at radius 3 is 2.77 bits per heavy atom. The van der Waals surface area contributed by atoms with Gasteiger partial charge in [0.05, 0.1) is 0 Å². The molecule has 1 fully saturated rings. The fourth-order valence-electron chi connectivity index (χ4n) is 3.43. The van der Waals surface area contributed by atoms with Crippen molar-refractivity contribution in [3.63, 3.8) is 0 Å². The Hall–Kier alpha value is -2.13. The number of carbonyl (C=O) groups is 3. The highest BCUT2D eigenvalue weighted by Crippen LogP contribution is 2.36. The van der Waals surface area contributed by atoms with Crippen molar-refractivity contribution in [2.75, 3.05) is 13.2 Å². The molecule has 2 N–H and O–H groups in total. The number of nitrogens with zero attached hydrogens (tertiary/aromatic N) is 1. The summed E-state index contributed by atoms with van der Waals surface area (Å²) in [5, 5.41) is 11.1. The van der Waals surface area contributed by atoms with Gasteiger partial charge in [0.2, 0.25) is 11.8 Å². The maximum absolute atomic E-state index is 12.5. The Morgan fingerprint density at radius 2 is 2.05 bits per heavy atom. The molecule has 0 radical (unpaired) electrons. The SMILES string of the molecule is O=C1CCC(N2CC3=C(CCC(C#CCO)C3)C2=O)C(=O)N1. The number of hydrogen-bond donors (Lipinski definition) is 2. The summed E-state index contributed by atoms with van der Waals surface area (Å²) < 4.78 is 0. The molecule has 6 nitrogen and oxygen atoms in total. The lowest BCUT2D eigenvalue weighted by atomic mass is 9.85. The standard InChI is InChI=1S/C16H18N2O4/c19-7-1-2-10-3-4-12-11(8-10)9-18(16(12)22)13-5-6-14(20)17-15(13)21/h10,13,19H,3-9H2,(H,17,20,21). The predicted octanol–water partition coefficient (Wildman–Crippen LogP) is -0.274. The van der Waals surface area contributed by atoms with Crippen LogP contribution in [0.4, 0.5) is 0 Å². The molecule has 3 rings (SSSR count). The van der Waals surface area contributed by atoms with E-state index in [0.717, 1.165) is 24.0 Å². The van der Waals surface area contributed by atoms with Gasteiger partial charge >= 0.3 is 0 Å². The van der Waals surface area contributed by atoms with Crippen LogP contribution in [0.3, 0.4) is 0 Å². The Morgan fingerprint density at radius 1 is 1.23 bits per heavy atom. The molecular weight excluding hydrogens is 284 g/mol. The van der Waals surface area contributed by atoms with Gasteiger partial charge in [-0.05, 0) is 31.3 Å². The Bertz CT molecular complexity index is 626. The molecule has 2 unspecified atom stereocenters. The molecule has 0 aromatic rings. The van der Waals surface area contributed by atoms with Crippen molar-refractivity contribution in [2.24, 2.45) is 5.92 Å². The van der Waals surface area contributed by atoms with Crippen LogP contribution in [0.15, 0.2) is 11.1 Å². The zero-order valence-electron chi connectivity index (χ0n) is 12.2. The number of piperidine rings is 1. The third-order valence-corrected chi connectivity index (χ3v) is 4.51. The van der Waals surface area contributed by atoms with E-state index in [4.69, 9.17) is 5.11 Å². The summed E-state index contributed by atoms with van der Waals surface area (Å²) in [4.78, 5) is 37.3.